The second-order valence-corrected chi connectivity index (χ2v) is 10.6. The van der Waals surface area contributed by atoms with E-state index >= 15 is 0 Å². The molecule has 0 bridgehead atoms. The molecule has 0 aliphatic carbocycles. The minimum Gasteiger partial charge on any atom is -0.298 e. The van der Waals surface area contributed by atoms with Crippen molar-refractivity contribution in [3.05, 3.63) is 35.9 Å². The van der Waals surface area contributed by atoms with Gasteiger partial charge in [-0.3, -0.25) is 4.90 Å². The Morgan fingerprint density at radius 2 is 1.33 bits per heavy atom. The Bertz CT molecular complexity index is 300. The Morgan fingerprint density at radius 1 is 0.833 bits per heavy atom. The fourth-order valence-electron chi connectivity index (χ4n) is 1.79. The fourth-order valence-corrected chi connectivity index (χ4v) is 3.16. The quantitative estimate of drug-likeness (QED) is 0.652. The summed E-state index contributed by atoms with van der Waals surface area (Å²) in [6, 6.07) is 10.9. The first-order chi connectivity index (χ1) is 8.58. The van der Waals surface area contributed by atoms with E-state index in [1.165, 1.54) is 31.0 Å². The minimum atomic E-state index is 0.230. The van der Waals surface area contributed by atoms with Crippen molar-refractivity contribution in [2.45, 2.75) is 6.54 Å². The Balaban J connectivity index is 2.48. The predicted octanol–water partition coefficient (Wildman–Crippen LogP) is 3.97. The summed E-state index contributed by atoms with van der Waals surface area (Å²) in [5.74, 6) is 0. The molecule has 1 aromatic carbocycles. The van der Waals surface area contributed by atoms with Gasteiger partial charge in [0.05, 0.1) is 0 Å². The number of nitrogens with zero attached hydrogens (tertiary/aromatic N) is 1. The van der Waals surface area contributed by atoms with Crippen LogP contribution in [0.4, 0.5) is 0 Å². The van der Waals surface area contributed by atoms with Gasteiger partial charge in [-0.25, -0.2) is 0 Å². The van der Waals surface area contributed by atoms with E-state index in [-0.39, 0.29) is 15.8 Å². The van der Waals surface area contributed by atoms with Crippen LogP contribution in [0.25, 0.3) is 0 Å². The highest BCUT2D eigenvalue weighted by molar-refractivity contribution is 7.56. The van der Waals surface area contributed by atoms with Crippen LogP contribution in [0.1, 0.15) is 5.56 Å². The molecule has 1 aromatic rings. The first-order valence-electron chi connectivity index (χ1n) is 6.63. The van der Waals surface area contributed by atoms with Crippen molar-refractivity contribution in [3.63, 3.8) is 0 Å². The van der Waals surface area contributed by atoms with E-state index in [9.17, 15) is 0 Å². The van der Waals surface area contributed by atoms with Crippen LogP contribution in [0.2, 0.25) is 0 Å². The number of benzene rings is 1. The van der Waals surface area contributed by atoms with Gasteiger partial charge in [0, 0.05) is 19.6 Å². The number of hydrogen-bond donors (Lipinski definition) is 0. The number of rotatable bonds is 8. The largest absolute Gasteiger partial charge is 0.298 e. The van der Waals surface area contributed by atoms with Crippen molar-refractivity contribution in [2.24, 2.45) is 0 Å². The third-order valence-corrected chi connectivity index (χ3v) is 5.16. The normalized spacial score (nSPS) is 11.7. The lowest BCUT2D eigenvalue weighted by Gasteiger charge is -2.24. The zero-order chi connectivity index (χ0) is 13.4. The van der Waals surface area contributed by atoms with Crippen molar-refractivity contribution in [1.29, 1.82) is 0 Å². The fraction of sp³-hybridized carbons (Fsp3) is 0.600. The highest BCUT2D eigenvalue weighted by Gasteiger charge is 2.07. The van der Waals surface area contributed by atoms with Gasteiger partial charge >= 0.3 is 0 Å². The van der Waals surface area contributed by atoms with E-state index in [0.717, 1.165) is 6.54 Å². The summed E-state index contributed by atoms with van der Waals surface area (Å²) in [5.41, 5.74) is 1.45. The second-order valence-electron chi connectivity index (χ2n) is 5.37. The maximum absolute atomic E-state index is 2.64. The van der Waals surface area contributed by atoms with E-state index in [0.29, 0.717) is 0 Å². The number of hydrogen-bond acceptors (Lipinski definition) is 1. The Labute approximate surface area is 115 Å². The molecule has 0 amide bonds. The molecule has 0 aliphatic heterocycles. The van der Waals surface area contributed by atoms with E-state index in [1.807, 2.05) is 0 Å². The summed E-state index contributed by atoms with van der Waals surface area (Å²) in [7, 11) is 0.460. The molecule has 0 radical (unpaired) electrons. The summed E-state index contributed by atoms with van der Waals surface area (Å²) in [5, 5.41) is 0. The standard InChI is InChI=1S/C15H27NP2/c1-17(2)12-10-16(11-13-18(3)4)14-15-8-6-5-7-9-15/h5-9H,10-14H2,1-4H3. The van der Waals surface area contributed by atoms with Crippen molar-refractivity contribution in [2.75, 3.05) is 52.1 Å². The summed E-state index contributed by atoms with van der Waals surface area (Å²) in [6.45, 7) is 13.1. The van der Waals surface area contributed by atoms with Crippen molar-refractivity contribution >= 4 is 15.8 Å². The molecule has 0 fully saturated rings. The molecular formula is C15H27NP2. The van der Waals surface area contributed by atoms with Crippen molar-refractivity contribution in [3.8, 4) is 0 Å². The zero-order valence-corrected chi connectivity index (χ0v) is 14.1. The molecule has 0 aromatic heterocycles. The van der Waals surface area contributed by atoms with Crippen LogP contribution in [0.5, 0.6) is 0 Å². The Hall–Kier alpha value is 0.0400. The highest BCUT2D eigenvalue weighted by Crippen LogP contribution is 2.26. The van der Waals surface area contributed by atoms with Crippen LogP contribution >= 0.6 is 15.8 Å². The van der Waals surface area contributed by atoms with Crippen LogP contribution < -0.4 is 0 Å². The summed E-state index contributed by atoms with van der Waals surface area (Å²) < 4.78 is 0. The van der Waals surface area contributed by atoms with Crippen LogP contribution in [-0.2, 0) is 6.54 Å². The SMILES string of the molecule is CP(C)CCN(CCP(C)C)Cc1ccccc1. The van der Waals surface area contributed by atoms with E-state index in [1.54, 1.807) is 0 Å². The van der Waals surface area contributed by atoms with Crippen LogP contribution in [0, 0.1) is 0 Å². The summed E-state index contributed by atoms with van der Waals surface area (Å²) in [4.78, 5) is 2.64. The molecule has 18 heavy (non-hydrogen) atoms. The van der Waals surface area contributed by atoms with Gasteiger partial charge < -0.3 is 0 Å². The van der Waals surface area contributed by atoms with Crippen molar-refractivity contribution in [1.82, 2.24) is 4.90 Å². The first-order valence-corrected chi connectivity index (χ1v) is 11.5. The third kappa shape index (κ3) is 7.47. The monoisotopic (exact) mass is 283 g/mol. The van der Waals surface area contributed by atoms with Gasteiger partial charge in [-0.05, 0) is 44.5 Å². The molecule has 0 unspecified atom stereocenters. The summed E-state index contributed by atoms with van der Waals surface area (Å²) in [6.07, 6.45) is 2.74. The van der Waals surface area contributed by atoms with Crippen LogP contribution in [-0.4, -0.2) is 57.0 Å². The second kappa shape index (κ2) is 9.03. The van der Waals surface area contributed by atoms with Gasteiger partial charge in [-0.2, -0.15) is 0 Å². The van der Waals surface area contributed by atoms with Crippen molar-refractivity contribution < 1.29 is 0 Å². The molecule has 0 saturated heterocycles. The molecule has 0 heterocycles. The summed E-state index contributed by atoms with van der Waals surface area (Å²) >= 11 is 0. The zero-order valence-electron chi connectivity index (χ0n) is 12.3. The molecular weight excluding hydrogens is 256 g/mol. The molecule has 1 rings (SSSR count). The molecule has 102 valence electrons. The van der Waals surface area contributed by atoms with Gasteiger partial charge in [0.1, 0.15) is 0 Å². The van der Waals surface area contributed by atoms with Gasteiger partial charge in [-0.1, -0.05) is 30.3 Å². The average Bonchev–Trinajstić information content (AvgIpc) is 2.33. The predicted molar refractivity (Wildman–Crippen MR) is 89.0 cm³/mol. The maximum Gasteiger partial charge on any atom is 0.0234 e. The lowest BCUT2D eigenvalue weighted by molar-refractivity contribution is 0.300. The maximum atomic E-state index is 2.64. The molecule has 0 N–H and O–H groups in total. The van der Waals surface area contributed by atoms with Gasteiger partial charge in [-0.15, -0.1) is 15.8 Å². The molecule has 0 saturated carbocycles. The van der Waals surface area contributed by atoms with E-state index < -0.39 is 0 Å². The van der Waals surface area contributed by atoms with Crippen LogP contribution in [0.3, 0.4) is 0 Å². The minimum absolute atomic E-state index is 0.230. The smallest absolute Gasteiger partial charge is 0.0234 e. The Morgan fingerprint density at radius 3 is 1.78 bits per heavy atom. The van der Waals surface area contributed by atoms with Gasteiger partial charge in [0.2, 0.25) is 0 Å². The molecule has 3 heteroatoms. The first kappa shape index (κ1) is 16.1. The van der Waals surface area contributed by atoms with Gasteiger partial charge in [0.25, 0.3) is 0 Å². The third-order valence-electron chi connectivity index (χ3n) is 2.98. The van der Waals surface area contributed by atoms with E-state index in [2.05, 4.69) is 61.9 Å². The topological polar surface area (TPSA) is 3.24 Å². The molecule has 0 spiro atoms. The molecule has 0 atom stereocenters. The molecule has 1 nitrogen and oxygen atoms in total. The lowest BCUT2D eigenvalue weighted by atomic mass is 10.2. The van der Waals surface area contributed by atoms with E-state index in [4.69, 9.17) is 0 Å². The highest BCUT2D eigenvalue weighted by atomic mass is 31.1. The average molecular weight is 283 g/mol. The molecule has 0 aliphatic rings. The van der Waals surface area contributed by atoms with Gasteiger partial charge in [0.15, 0.2) is 0 Å². The van der Waals surface area contributed by atoms with Crippen LogP contribution in [0.15, 0.2) is 30.3 Å². The lowest BCUT2D eigenvalue weighted by Crippen LogP contribution is -2.28. The Kier molecular flexibility index (Phi) is 8.07.